The zero-order valence-corrected chi connectivity index (χ0v) is 14.3. The Morgan fingerprint density at radius 3 is 2.88 bits per heavy atom. The van der Waals surface area contributed by atoms with Crippen LogP contribution >= 0.6 is 24.0 Å². The summed E-state index contributed by atoms with van der Waals surface area (Å²) in [7, 11) is 0. The molecule has 1 aromatic rings. The van der Waals surface area contributed by atoms with Gasteiger partial charge in [-0.2, -0.15) is 0 Å². The lowest BCUT2D eigenvalue weighted by molar-refractivity contribution is -0.137. The van der Waals surface area contributed by atoms with Crippen molar-refractivity contribution in [1.82, 2.24) is 10.2 Å². The van der Waals surface area contributed by atoms with Crippen LogP contribution in [0.15, 0.2) is 27.7 Å². The minimum atomic E-state index is -0.962. The molecule has 0 aliphatic carbocycles. The lowest BCUT2D eigenvalue weighted by Crippen LogP contribution is -2.31. The van der Waals surface area contributed by atoms with Crippen LogP contribution in [0.3, 0.4) is 0 Å². The molecule has 2 amide bonds. The fourth-order valence-corrected chi connectivity index (χ4v) is 3.28. The van der Waals surface area contributed by atoms with Crippen LogP contribution in [0.2, 0.25) is 0 Å². The molecule has 24 heavy (non-hydrogen) atoms. The van der Waals surface area contributed by atoms with Crippen molar-refractivity contribution in [3.8, 4) is 0 Å². The highest BCUT2D eigenvalue weighted by Crippen LogP contribution is 2.32. The molecule has 1 aliphatic heterocycles. The minimum Gasteiger partial charge on any atom is -0.481 e. The average molecular weight is 368 g/mol. The molecule has 128 valence electrons. The summed E-state index contributed by atoms with van der Waals surface area (Å²) in [5.41, 5.74) is 0. The van der Waals surface area contributed by atoms with Gasteiger partial charge in [0.05, 0.1) is 17.6 Å². The zero-order chi connectivity index (χ0) is 17.5. The van der Waals surface area contributed by atoms with E-state index in [0.717, 1.165) is 0 Å². The number of carboxylic acids is 1. The van der Waals surface area contributed by atoms with Gasteiger partial charge in [0.15, 0.2) is 0 Å². The Morgan fingerprint density at radius 1 is 1.42 bits per heavy atom. The number of thiocarbonyl (C=S) groups is 1. The molecule has 2 N–H and O–H groups in total. The maximum Gasteiger partial charge on any atom is 0.305 e. The van der Waals surface area contributed by atoms with Gasteiger partial charge in [0.1, 0.15) is 10.1 Å². The van der Waals surface area contributed by atoms with E-state index in [-0.39, 0.29) is 31.2 Å². The molecule has 0 saturated carbocycles. The van der Waals surface area contributed by atoms with Gasteiger partial charge in [0.2, 0.25) is 5.91 Å². The standard InChI is InChI=1S/C15H16N2O5S2/c18-12(16-6-5-13(19)20)4-1-7-17-14(21)11(24-15(17)23)9-10-3-2-8-22-10/h2-3,8-9H,1,4-7H2,(H,16,18)(H,19,20)/b11-9-. The second-order valence-corrected chi connectivity index (χ2v) is 6.62. The Hall–Kier alpha value is -2.13. The molecule has 9 heteroatoms. The van der Waals surface area contributed by atoms with Crippen LogP contribution in [0.25, 0.3) is 6.08 Å². The number of rotatable bonds is 8. The summed E-state index contributed by atoms with van der Waals surface area (Å²) in [6, 6.07) is 3.48. The van der Waals surface area contributed by atoms with Crippen molar-refractivity contribution in [2.24, 2.45) is 0 Å². The number of aliphatic carboxylic acids is 1. The van der Waals surface area contributed by atoms with E-state index in [1.54, 1.807) is 18.2 Å². The second kappa shape index (κ2) is 8.65. The largest absolute Gasteiger partial charge is 0.481 e. The highest BCUT2D eigenvalue weighted by Gasteiger charge is 2.31. The molecular weight excluding hydrogens is 352 g/mol. The van der Waals surface area contributed by atoms with Gasteiger partial charge in [-0.3, -0.25) is 19.3 Å². The molecule has 2 rings (SSSR count). The Kier molecular flexibility index (Phi) is 6.56. The van der Waals surface area contributed by atoms with E-state index in [1.165, 1.54) is 22.9 Å². The van der Waals surface area contributed by atoms with Gasteiger partial charge in [0.25, 0.3) is 5.91 Å². The molecule has 0 atom stereocenters. The van der Waals surface area contributed by atoms with Crippen molar-refractivity contribution < 1.29 is 23.9 Å². The van der Waals surface area contributed by atoms with Crippen LogP contribution in [-0.4, -0.2) is 45.2 Å². The molecule has 0 unspecified atom stereocenters. The summed E-state index contributed by atoms with van der Waals surface area (Å²) < 4.78 is 5.63. The lowest BCUT2D eigenvalue weighted by atomic mass is 10.2. The number of furan rings is 1. The predicted octanol–water partition coefficient (Wildman–Crippen LogP) is 1.85. The van der Waals surface area contributed by atoms with Gasteiger partial charge < -0.3 is 14.8 Å². The van der Waals surface area contributed by atoms with Crippen molar-refractivity contribution in [2.75, 3.05) is 13.1 Å². The molecule has 1 aromatic heterocycles. The molecule has 0 bridgehead atoms. The normalized spacial score (nSPS) is 16.0. The molecule has 1 saturated heterocycles. The smallest absolute Gasteiger partial charge is 0.305 e. The first-order valence-corrected chi connectivity index (χ1v) is 8.47. The SMILES string of the molecule is O=C(O)CCNC(=O)CCCN1C(=O)/C(=C/c2ccco2)SC1=S. The number of nitrogens with zero attached hydrogens (tertiary/aromatic N) is 1. The quantitative estimate of drug-likeness (QED) is 0.533. The minimum absolute atomic E-state index is 0.0983. The summed E-state index contributed by atoms with van der Waals surface area (Å²) in [5.74, 6) is -0.829. The molecular formula is C15H16N2O5S2. The van der Waals surface area contributed by atoms with Gasteiger partial charge in [0, 0.05) is 25.6 Å². The molecule has 1 fully saturated rings. The monoisotopic (exact) mass is 368 g/mol. The summed E-state index contributed by atoms with van der Waals surface area (Å²) in [4.78, 5) is 36.2. The Labute approximate surface area is 148 Å². The van der Waals surface area contributed by atoms with Crippen molar-refractivity contribution >= 4 is 52.2 Å². The number of carbonyl (C=O) groups excluding carboxylic acids is 2. The Bertz CT molecular complexity index is 669. The van der Waals surface area contributed by atoms with E-state index in [4.69, 9.17) is 21.7 Å². The van der Waals surface area contributed by atoms with E-state index in [2.05, 4.69) is 5.32 Å². The third-order valence-electron chi connectivity index (χ3n) is 3.14. The summed E-state index contributed by atoms with van der Waals surface area (Å²) in [6.45, 7) is 0.438. The number of amides is 2. The van der Waals surface area contributed by atoms with Crippen molar-refractivity contribution in [2.45, 2.75) is 19.3 Å². The first-order valence-electron chi connectivity index (χ1n) is 7.24. The molecule has 2 heterocycles. The van der Waals surface area contributed by atoms with Crippen LogP contribution < -0.4 is 5.32 Å². The lowest BCUT2D eigenvalue weighted by Gasteiger charge is -2.13. The number of carbonyl (C=O) groups is 3. The highest BCUT2D eigenvalue weighted by atomic mass is 32.2. The van der Waals surface area contributed by atoms with Gasteiger partial charge >= 0.3 is 5.97 Å². The second-order valence-electron chi connectivity index (χ2n) is 4.95. The van der Waals surface area contributed by atoms with Gasteiger partial charge in [-0.25, -0.2) is 0 Å². The van der Waals surface area contributed by atoms with Crippen LogP contribution in [0, 0.1) is 0 Å². The summed E-state index contributed by atoms with van der Waals surface area (Å²) in [5, 5.41) is 11.0. The van der Waals surface area contributed by atoms with Crippen molar-refractivity contribution in [1.29, 1.82) is 0 Å². The third-order valence-corrected chi connectivity index (χ3v) is 4.51. The molecule has 7 nitrogen and oxygen atoms in total. The first-order chi connectivity index (χ1) is 11.5. The topological polar surface area (TPSA) is 99.9 Å². The van der Waals surface area contributed by atoms with Gasteiger partial charge in [-0.15, -0.1) is 0 Å². The van der Waals surface area contributed by atoms with E-state index in [1.807, 2.05) is 0 Å². The maximum atomic E-state index is 12.3. The fourth-order valence-electron chi connectivity index (χ4n) is 1.99. The van der Waals surface area contributed by atoms with Crippen molar-refractivity contribution in [3.05, 3.63) is 29.1 Å². The van der Waals surface area contributed by atoms with E-state index >= 15 is 0 Å². The van der Waals surface area contributed by atoms with Crippen LogP contribution in [-0.2, 0) is 14.4 Å². The predicted molar refractivity (Wildman–Crippen MR) is 93.1 cm³/mol. The zero-order valence-electron chi connectivity index (χ0n) is 12.7. The Morgan fingerprint density at radius 2 is 2.21 bits per heavy atom. The van der Waals surface area contributed by atoms with Crippen LogP contribution in [0.5, 0.6) is 0 Å². The highest BCUT2D eigenvalue weighted by molar-refractivity contribution is 8.26. The van der Waals surface area contributed by atoms with E-state index in [9.17, 15) is 14.4 Å². The molecule has 0 radical (unpaired) electrons. The molecule has 0 aromatic carbocycles. The van der Waals surface area contributed by atoms with E-state index in [0.29, 0.717) is 28.0 Å². The summed E-state index contributed by atoms with van der Waals surface area (Å²) in [6.07, 6.45) is 3.69. The van der Waals surface area contributed by atoms with E-state index < -0.39 is 5.97 Å². The van der Waals surface area contributed by atoms with Gasteiger partial charge in [-0.05, 0) is 18.6 Å². The Balaban J connectivity index is 1.78. The number of hydrogen-bond acceptors (Lipinski definition) is 6. The number of hydrogen-bond donors (Lipinski definition) is 2. The molecule has 1 aliphatic rings. The molecule has 0 spiro atoms. The number of nitrogens with one attached hydrogen (secondary N) is 1. The first kappa shape index (κ1) is 18.2. The number of carboxylic acid groups (broad SMARTS) is 1. The third kappa shape index (κ3) is 5.20. The number of thioether (sulfide) groups is 1. The van der Waals surface area contributed by atoms with Crippen molar-refractivity contribution in [3.63, 3.8) is 0 Å². The van der Waals surface area contributed by atoms with Crippen LogP contribution in [0.1, 0.15) is 25.0 Å². The maximum absolute atomic E-state index is 12.3. The summed E-state index contributed by atoms with van der Waals surface area (Å²) >= 11 is 6.40. The van der Waals surface area contributed by atoms with Crippen LogP contribution in [0.4, 0.5) is 0 Å². The fraction of sp³-hybridized carbons (Fsp3) is 0.333. The van der Waals surface area contributed by atoms with Gasteiger partial charge in [-0.1, -0.05) is 24.0 Å². The average Bonchev–Trinajstić information content (AvgIpc) is 3.11.